The summed E-state index contributed by atoms with van der Waals surface area (Å²) < 4.78 is 0. The summed E-state index contributed by atoms with van der Waals surface area (Å²) in [5.41, 5.74) is 5.66. The van der Waals surface area contributed by atoms with Crippen LogP contribution in [0.1, 0.15) is 27.7 Å². The zero-order valence-electron chi connectivity index (χ0n) is 16.0. The maximum Gasteiger partial charge on any atom is 0.115 e. The molecule has 2 aliphatic carbocycles. The molecule has 0 aromatic carbocycles. The molecule has 0 aliphatic heterocycles. The van der Waals surface area contributed by atoms with E-state index in [1.807, 2.05) is 0 Å². The highest BCUT2D eigenvalue weighted by molar-refractivity contribution is 7.08. The summed E-state index contributed by atoms with van der Waals surface area (Å²) in [6.45, 7) is 14.0. The van der Waals surface area contributed by atoms with Crippen molar-refractivity contribution in [2.24, 2.45) is 0 Å². The maximum absolute atomic E-state index is 3.42. The molecule has 0 fully saturated rings. The Balaban J connectivity index is 2.12. The van der Waals surface area contributed by atoms with Crippen LogP contribution in [0.2, 0.25) is 13.1 Å². The Morgan fingerprint density at radius 3 is 1.48 bits per heavy atom. The number of hydrogen-bond donors (Lipinski definition) is 2. The maximum atomic E-state index is 3.42. The van der Waals surface area contributed by atoms with Crippen molar-refractivity contribution in [3.8, 4) is 0 Å². The molecule has 2 aliphatic rings. The van der Waals surface area contributed by atoms with Crippen LogP contribution in [0.5, 0.6) is 0 Å². The smallest absolute Gasteiger partial charge is 0.115 e. The van der Waals surface area contributed by atoms with Crippen molar-refractivity contribution in [1.29, 1.82) is 0 Å². The summed E-state index contributed by atoms with van der Waals surface area (Å²) in [7, 11) is -1.90. The minimum absolute atomic E-state index is 1.27. The summed E-state index contributed by atoms with van der Waals surface area (Å²) >= 11 is 0. The van der Waals surface area contributed by atoms with E-state index >= 15 is 0 Å². The molecule has 0 radical (unpaired) electrons. The van der Waals surface area contributed by atoms with Gasteiger partial charge in [0, 0.05) is 23.1 Å². The van der Waals surface area contributed by atoms with Crippen molar-refractivity contribution in [2.75, 3.05) is 0 Å². The molecule has 25 heavy (non-hydrogen) atoms. The fourth-order valence-corrected chi connectivity index (χ4v) is 8.45. The largest absolute Gasteiger partial charge is 0.361 e. The number of nitrogens with one attached hydrogen (secondary N) is 2. The van der Waals surface area contributed by atoms with E-state index in [1.165, 1.54) is 43.4 Å². The molecule has 2 heterocycles. The molecule has 2 aromatic heterocycles. The van der Waals surface area contributed by atoms with Crippen LogP contribution < -0.4 is 21.1 Å². The van der Waals surface area contributed by atoms with Gasteiger partial charge in [-0.3, -0.25) is 0 Å². The lowest BCUT2D eigenvalue weighted by Crippen LogP contribution is -2.40. The Labute approximate surface area is 149 Å². The van der Waals surface area contributed by atoms with Crippen molar-refractivity contribution >= 4 is 30.6 Å². The van der Waals surface area contributed by atoms with Crippen molar-refractivity contribution in [3.63, 3.8) is 0 Å². The van der Waals surface area contributed by atoms with Gasteiger partial charge in [-0.1, -0.05) is 24.2 Å². The number of allylic oxidation sites excluding steroid dienone is 4. The van der Waals surface area contributed by atoms with Gasteiger partial charge in [0.15, 0.2) is 0 Å². The van der Waals surface area contributed by atoms with Crippen molar-refractivity contribution in [1.82, 2.24) is 9.97 Å². The zero-order valence-corrected chi connectivity index (χ0v) is 17.0. The first kappa shape index (κ1) is 16.2. The second kappa shape index (κ2) is 5.37. The molecule has 0 amide bonds. The van der Waals surface area contributed by atoms with E-state index in [-0.39, 0.29) is 0 Å². The number of H-pyrrole nitrogens is 2. The van der Waals surface area contributed by atoms with E-state index in [0.717, 1.165) is 0 Å². The third kappa shape index (κ3) is 2.22. The van der Waals surface area contributed by atoms with Crippen LogP contribution in [-0.4, -0.2) is 18.0 Å². The van der Waals surface area contributed by atoms with Gasteiger partial charge in [-0.2, -0.15) is 0 Å². The highest BCUT2D eigenvalue weighted by atomic mass is 28.3. The van der Waals surface area contributed by atoms with Crippen molar-refractivity contribution < 1.29 is 0 Å². The minimum atomic E-state index is -1.90. The standard InChI is InChI=1S/C22H26N2Si/c1-13(2)17-11-19-15(7-9-23-19)21(17)25(5,6)22-16-8-10-24-20(16)12-18(22)14(3)4/h7-12,23-24H,1-6H3. The van der Waals surface area contributed by atoms with E-state index in [1.54, 1.807) is 10.4 Å². The second-order valence-electron chi connectivity index (χ2n) is 8.10. The summed E-state index contributed by atoms with van der Waals surface area (Å²) in [4.78, 5) is 6.84. The van der Waals surface area contributed by atoms with Gasteiger partial charge < -0.3 is 9.97 Å². The fourth-order valence-electron chi connectivity index (χ4n) is 4.42. The fraction of sp³-hybridized carbons (Fsp3) is 0.273. The lowest BCUT2D eigenvalue weighted by Gasteiger charge is -2.30. The van der Waals surface area contributed by atoms with Crippen LogP contribution in [-0.2, 0) is 0 Å². The van der Waals surface area contributed by atoms with Gasteiger partial charge in [0.05, 0.1) is 0 Å². The molecule has 2 aromatic rings. The Bertz CT molecular complexity index is 1090. The molecule has 2 N–H and O–H groups in total. The molecule has 0 unspecified atom stereocenters. The number of aromatic amines is 2. The molecular weight excluding hydrogens is 320 g/mol. The summed E-state index contributed by atoms with van der Waals surface area (Å²) in [5, 5.41) is 8.47. The summed E-state index contributed by atoms with van der Waals surface area (Å²) in [6, 6.07) is 4.51. The summed E-state index contributed by atoms with van der Waals surface area (Å²) in [6.07, 6.45) is 8.83. The lowest BCUT2D eigenvalue weighted by molar-refractivity contribution is 1.32. The monoisotopic (exact) mass is 346 g/mol. The van der Waals surface area contributed by atoms with Crippen LogP contribution in [0.3, 0.4) is 0 Å². The van der Waals surface area contributed by atoms with Crippen molar-refractivity contribution in [3.05, 3.63) is 68.0 Å². The molecule has 0 bridgehead atoms. The number of aromatic nitrogens is 2. The van der Waals surface area contributed by atoms with Crippen LogP contribution in [0.4, 0.5) is 0 Å². The van der Waals surface area contributed by atoms with Gasteiger partial charge in [-0.05, 0) is 84.0 Å². The average molecular weight is 347 g/mol. The molecular formula is C22H26N2Si. The van der Waals surface area contributed by atoms with Crippen LogP contribution >= 0.6 is 0 Å². The first-order chi connectivity index (χ1) is 11.8. The number of fused-ring (bicyclic) bond motifs is 2. The van der Waals surface area contributed by atoms with Gasteiger partial charge in [0.25, 0.3) is 0 Å². The molecule has 3 heteroatoms. The van der Waals surface area contributed by atoms with E-state index in [9.17, 15) is 0 Å². The summed E-state index contributed by atoms with van der Waals surface area (Å²) in [5.74, 6) is 0. The zero-order chi connectivity index (χ0) is 17.9. The van der Waals surface area contributed by atoms with Crippen LogP contribution in [0, 0.1) is 0 Å². The second-order valence-corrected chi connectivity index (χ2v) is 12.4. The Morgan fingerprint density at radius 2 is 1.12 bits per heavy atom. The van der Waals surface area contributed by atoms with E-state index in [2.05, 4.69) is 87.4 Å². The molecule has 0 spiro atoms. The molecule has 0 atom stereocenters. The third-order valence-electron chi connectivity index (χ3n) is 5.54. The number of rotatable bonds is 2. The average Bonchev–Trinajstić information content (AvgIpc) is 3.24. The first-order valence-electron chi connectivity index (χ1n) is 8.98. The van der Waals surface area contributed by atoms with E-state index < -0.39 is 8.07 Å². The molecule has 4 rings (SSSR count). The predicted octanol–water partition coefficient (Wildman–Crippen LogP) is 2.39. The van der Waals surface area contributed by atoms with Gasteiger partial charge in [0.1, 0.15) is 8.07 Å². The van der Waals surface area contributed by atoms with Gasteiger partial charge in [-0.25, -0.2) is 0 Å². The highest BCUT2D eigenvalue weighted by Gasteiger charge is 2.38. The molecule has 0 saturated heterocycles. The quantitative estimate of drug-likeness (QED) is 0.783. The van der Waals surface area contributed by atoms with Gasteiger partial charge >= 0.3 is 0 Å². The molecule has 128 valence electrons. The third-order valence-corrected chi connectivity index (χ3v) is 9.12. The predicted molar refractivity (Wildman–Crippen MR) is 110 cm³/mol. The number of hydrogen-bond acceptors (Lipinski definition) is 0. The Morgan fingerprint density at radius 1 is 0.720 bits per heavy atom. The van der Waals surface area contributed by atoms with E-state index in [4.69, 9.17) is 0 Å². The van der Waals surface area contributed by atoms with E-state index in [0.29, 0.717) is 0 Å². The Kier molecular flexibility index (Phi) is 3.48. The molecule has 2 nitrogen and oxygen atoms in total. The van der Waals surface area contributed by atoms with Gasteiger partial charge in [-0.15, -0.1) is 0 Å². The SMILES string of the molecule is CC(C)=C1C=c2[nH]ccc2=C1[Si](C)(C)C1=c2cc[nH]c2=CC1=C(C)C. The molecule has 0 saturated carbocycles. The van der Waals surface area contributed by atoms with Crippen LogP contribution in [0.25, 0.3) is 22.5 Å². The highest BCUT2D eigenvalue weighted by Crippen LogP contribution is 2.38. The van der Waals surface area contributed by atoms with Crippen molar-refractivity contribution in [2.45, 2.75) is 40.8 Å². The Hall–Kier alpha value is -2.26. The normalized spacial score (nSPS) is 15.9. The topological polar surface area (TPSA) is 31.6 Å². The van der Waals surface area contributed by atoms with Gasteiger partial charge in [0.2, 0.25) is 0 Å². The minimum Gasteiger partial charge on any atom is -0.361 e. The van der Waals surface area contributed by atoms with Crippen LogP contribution in [0.15, 0.2) is 46.8 Å². The first-order valence-corrected chi connectivity index (χ1v) is 12.0. The lowest BCUT2D eigenvalue weighted by atomic mass is 10.1.